The summed E-state index contributed by atoms with van der Waals surface area (Å²) in [5, 5.41) is -0.106. The predicted molar refractivity (Wildman–Crippen MR) is 73.7 cm³/mol. The average molecular weight is 262 g/mol. The Bertz CT molecular complexity index is 487. The molecule has 0 bridgehead atoms. The van der Waals surface area contributed by atoms with Crippen LogP contribution in [0.3, 0.4) is 0 Å². The van der Waals surface area contributed by atoms with Gasteiger partial charge in [-0.3, -0.25) is 9.78 Å². The van der Waals surface area contributed by atoms with Crippen molar-refractivity contribution in [3.63, 3.8) is 0 Å². The summed E-state index contributed by atoms with van der Waals surface area (Å²) in [6.07, 6.45) is 10.3. The SMILES string of the molecule is NC(=O)SC1CCCc2c1ncc1c2CCCC1. The summed E-state index contributed by atoms with van der Waals surface area (Å²) >= 11 is 1.25. The van der Waals surface area contributed by atoms with Crippen LogP contribution in [0.25, 0.3) is 0 Å². The van der Waals surface area contributed by atoms with E-state index >= 15 is 0 Å². The van der Waals surface area contributed by atoms with E-state index in [0.29, 0.717) is 0 Å². The van der Waals surface area contributed by atoms with Crippen molar-refractivity contribution in [2.45, 2.75) is 50.2 Å². The Morgan fingerprint density at radius 2 is 2.00 bits per heavy atom. The molecule has 1 aromatic rings. The second-order valence-corrected chi connectivity index (χ2v) is 6.36. The van der Waals surface area contributed by atoms with Crippen LogP contribution < -0.4 is 5.73 Å². The van der Waals surface area contributed by atoms with Gasteiger partial charge >= 0.3 is 0 Å². The number of aromatic nitrogens is 1. The Morgan fingerprint density at radius 1 is 1.22 bits per heavy atom. The van der Waals surface area contributed by atoms with Gasteiger partial charge in [0.2, 0.25) is 0 Å². The van der Waals surface area contributed by atoms with Crippen molar-refractivity contribution in [2.24, 2.45) is 5.73 Å². The van der Waals surface area contributed by atoms with Crippen molar-refractivity contribution in [1.82, 2.24) is 4.98 Å². The molecule has 1 amide bonds. The Balaban J connectivity index is 2.00. The quantitative estimate of drug-likeness (QED) is 0.846. The fraction of sp³-hybridized carbons (Fsp3) is 0.571. The van der Waals surface area contributed by atoms with E-state index in [1.165, 1.54) is 54.1 Å². The van der Waals surface area contributed by atoms with Crippen LogP contribution in [0.4, 0.5) is 4.79 Å². The van der Waals surface area contributed by atoms with E-state index in [1.807, 2.05) is 6.20 Å². The van der Waals surface area contributed by atoms with Gasteiger partial charge in [-0.15, -0.1) is 0 Å². The van der Waals surface area contributed by atoms with Crippen LogP contribution in [0.15, 0.2) is 6.20 Å². The smallest absolute Gasteiger partial charge is 0.277 e. The molecule has 0 fully saturated rings. The van der Waals surface area contributed by atoms with Crippen LogP contribution in [0, 0.1) is 0 Å². The van der Waals surface area contributed by atoms with Gasteiger partial charge in [-0.05, 0) is 61.6 Å². The predicted octanol–water partition coefficient (Wildman–Crippen LogP) is 3.15. The number of pyridine rings is 1. The summed E-state index contributed by atoms with van der Waals surface area (Å²) in [6, 6.07) is 0. The minimum atomic E-state index is -0.285. The first-order valence-corrected chi connectivity index (χ1v) is 7.59. The summed E-state index contributed by atoms with van der Waals surface area (Å²) in [6.45, 7) is 0. The largest absolute Gasteiger partial charge is 0.360 e. The van der Waals surface area contributed by atoms with E-state index in [2.05, 4.69) is 4.98 Å². The molecule has 96 valence electrons. The van der Waals surface area contributed by atoms with Crippen molar-refractivity contribution in [1.29, 1.82) is 0 Å². The van der Waals surface area contributed by atoms with Crippen LogP contribution >= 0.6 is 11.8 Å². The number of hydrogen-bond donors (Lipinski definition) is 1. The average Bonchev–Trinajstić information content (AvgIpc) is 2.38. The molecular weight excluding hydrogens is 244 g/mol. The number of carbonyl (C=O) groups excluding carboxylic acids is 1. The van der Waals surface area contributed by atoms with Gasteiger partial charge in [-0.25, -0.2) is 0 Å². The van der Waals surface area contributed by atoms with E-state index in [4.69, 9.17) is 5.73 Å². The number of nitrogens with zero attached hydrogens (tertiary/aromatic N) is 1. The first-order valence-electron chi connectivity index (χ1n) is 6.71. The van der Waals surface area contributed by atoms with Crippen LogP contribution in [-0.2, 0) is 19.3 Å². The lowest BCUT2D eigenvalue weighted by atomic mass is 9.84. The third kappa shape index (κ3) is 2.14. The molecule has 1 aromatic heterocycles. The second-order valence-electron chi connectivity index (χ2n) is 5.15. The number of amides is 1. The normalized spacial score (nSPS) is 22.1. The molecule has 2 aliphatic rings. The first kappa shape index (κ1) is 12.0. The minimum Gasteiger partial charge on any atom is -0.360 e. The minimum absolute atomic E-state index is 0.179. The van der Waals surface area contributed by atoms with Crippen molar-refractivity contribution < 1.29 is 4.79 Å². The Labute approximate surface area is 112 Å². The molecule has 1 atom stereocenters. The van der Waals surface area contributed by atoms with Gasteiger partial charge < -0.3 is 5.73 Å². The highest BCUT2D eigenvalue weighted by Crippen LogP contribution is 2.41. The van der Waals surface area contributed by atoms with Crippen LogP contribution in [0.2, 0.25) is 0 Å². The third-order valence-corrected chi connectivity index (χ3v) is 4.98. The van der Waals surface area contributed by atoms with Crippen molar-refractivity contribution in [2.75, 3.05) is 0 Å². The molecular formula is C14H18N2OS. The third-order valence-electron chi connectivity index (χ3n) is 4.00. The zero-order valence-corrected chi connectivity index (χ0v) is 11.3. The van der Waals surface area contributed by atoms with E-state index < -0.39 is 0 Å². The summed E-state index contributed by atoms with van der Waals surface area (Å²) in [5.41, 5.74) is 10.8. The summed E-state index contributed by atoms with van der Waals surface area (Å²) in [5.74, 6) is 0. The molecule has 18 heavy (non-hydrogen) atoms. The van der Waals surface area contributed by atoms with Crippen LogP contribution in [-0.4, -0.2) is 10.2 Å². The van der Waals surface area contributed by atoms with Gasteiger partial charge in [-0.1, -0.05) is 11.8 Å². The van der Waals surface area contributed by atoms with Gasteiger partial charge in [0.1, 0.15) is 0 Å². The fourth-order valence-electron chi connectivity index (χ4n) is 3.21. The highest BCUT2D eigenvalue weighted by atomic mass is 32.2. The van der Waals surface area contributed by atoms with Crippen LogP contribution in [0.5, 0.6) is 0 Å². The van der Waals surface area contributed by atoms with E-state index in [9.17, 15) is 4.79 Å². The van der Waals surface area contributed by atoms with Gasteiger partial charge in [0.25, 0.3) is 5.24 Å². The lowest BCUT2D eigenvalue weighted by Crippen LogP contribution is -2.18. The molecule has 2 aliphatic carbocycles. The van der Waals surface area contributed by atoms with Gasteiger partial charge in [0, 0.05) is 6.20 Å². The summed E-state index contributed by atoms with van der Waals surface area (Å²) in [4.78, 5) is 15.8. The molecule has 0 aromatic carbocycles. The number of nitrogens with two attached hydrogens (primary N) is 1. The Morgan fingerprint density at radius 3 is 2.83 bits per heavy atom. The number of rotatable bonds is 1. The lowest BCUT2D eigenvalue weighted by Gasteiger charge is -2.28. The number of thioether (sulfide) groups is 1. The molecule has 0 saturated heterocycles. The highest BCUT2D eigenvalue weighted by Gasteiger charge is 2.27. The molecule has 3 nitrogen and oxygen atoms in total. The fourth-order valence-corrected chi connectivity index (χ4v) is 4.09. The van der Waals surface area contributed by atoms with Gasteiger partial charge in [0.15, 0.2) is 0 Å². The first-order chi connectivity index (χ1) is 8.75. The number of primary amides is 1. The Kier molecular flexibility index (Phi) is 3.29. The van der Waals surface area contributed by atoms with Crippen molar-refractivity contribution in [3.8, 4) is 0 Å². The molecule has 2 N–H and O–H groups in total. The summed E-state index contributed by atoms with van der Waals surface area (Å²) < 4.78 is 0. The Hall–Kier alpha value is -1.03. The van der Waals surface area contributed by atoms with Crippen LogP contribution in [0.1, 0.15) is 53.3 Å². The maximum absolute atomic E-state index is 11.1. The number of carbonyl (C=O) groups is 1. The zero-order chi connectivity index (χ0) is 12.5. The molecule has 0 radical (unpaired) electrons. The topological polar surface area (TPSA) is 56.0 Å². The summed E-state index contributed by atoms with van der Waals surface area (Å²) in [7, 11) is 0. The number of fused-ring (bicyclic) bond motifs is 3. The van der Waals surface area contributed by atoms with Gasteiger partial charge in [-0.2, -0.15) is 0 Å². The van der Waals surface area contributed by atoms with E-state index in [1.54, 1.807) is 0 Å². The van der Waals surface area contributed by atoms with E-state index in [0.717, 1.165) is 25.0 Å². The van der Waals surface area contributed by atoms with Gasteiger partial charge in [0.05, 0.1) is 10.9 Å². The second kappa shape index (κ2) is 4.92. The molecule has 0 spiro atoms. The van der Waals surface area contributed by atoms with Crippen molar-refractivity contribution in [3.05, 3.63) is 28.6 Å². The molecule has 1 heterocycles. The molecule has 4 heteroatoms. The molecule has 1 unspecified atom stereocenters. The lowest BCUT2D eigenvalue weighted by molar-refractivity contribution is 0.267. The number of aryl methyl sites for hydroxylation is 1. The maximum atomic E-state index is 11.1. The molecule has 3 rings (SSSR count). The molecule has 0 saturated carbocycles. The van der Waals surface area contributed by atoms with Crippen molar-refractivity contribution >= 4 is 17.0 Å². The zero-order valence-electron chi connectivity index (χ0n) is 10.4. The van der Waals surface area contributed by atoms with E-state index in [-0.39, 0.29) is 10.5 Å². The monoisotopic (exact) mass is 262 g/mol. The maximum Gasteiger partial charge on any atom is 0.277 e. The standard InChI is InChI=1S/C14H18N2OS/c15-14(17)18-12-7-3-6-11-10-5-2-1-4-9(10)8-16-13(11)12/h8,12H,1-7H2,(H2,15,17). The highest BCUT2D eigenvalue weighted by molar-refractivity contribution is 8.13. The number of hydrogen-bond acceptors (Lipinski definition) is 3. The molecule has 0 aliphatic heterocycles.